The van der Waals surface area contributed by atoms with Gasteiger partial charge in [-0.3, -0.25) is 0 Å². The topological polar surface area (TPSA) is 75.3 Å². The summed E-state index contributed by atoms with van der Waals surface area (Å²) in [5.41, 5.74) is -0.0520. The molecule has 0 aliphatic carbocycles. The Morgan fingerprint density at radius 3 is 2.53 bits per heavy atom. The Balaban J connectivity index is 2.16. The summed E-state index contributed by atoms with van der Waals surface area (Å²) in [5.74, 6) is 4.62. The molecule has 0 saturated heterocycles. The molecule has 6 nitrogen and oxygen atoms in total. The molecule has 0 aliphatic rings. The lowest BCUT2D eigenvalue weighted by atomic mass is 10.0. The Morgan fingerprint density at radius 1 is 1.20 bits per heavy atom. The summed E-state index contributed by atoms with van der Waals surface area (Å²) in [6.45, 7) is 5.99. The van der Waals surface area contributed by atoms with Crippen molar-refractivity contribution in [2.24, 2.45) is 5.92 Å². The molecule has 158 valence electrons. The smallest absolute Gasteiger partial charge is 0.255 e. The van der Waals surface area contributed by atoms with Crippen molar-refractivity contribution in [2.45, 2.75) is 39.7 Å². The second-order valence-corrected chi connectivity index (χ2v) is 7.58. The van der Waals surface area contributed by atoms with E-state index in [1.165, 1.54) is 10.8 Å². The summed E-state index contributed by atoms with van der Waals surface area (Å²) in [7, 11) is 0. The van der Waals surface area contributed by atoms with E-state index in [-0.39, 0.29) is 46.2 Å². The molecule has 0 radical (unpaired) electrons. The fraction of sp³-hybridized carbons (Fsp3) is 0.381. The summed E-state index contributed by atoms with van der Waals surface area (Å²) in [4.78, 5) is 8.16. The highest BCUT2D eigenvalue weighted by atomic mass is 35.5. The van der Waals surface area contributed by atoms with E-state index in [4.69, 9.17) is 16.7 Å². The number of halogens is 3. The van der Waals surface area contributed by atoms with Crippen molar-refractivity contribution in [1.29, 1.82) is 0 Å². The fourth-order valence-corrected chi connectivity index (χ4v) is 3.03. The van der Waals surface area contributed by atoms with Crippen LogP contribution in [0.2, 0.25) is 5.15 Å². The van der Waals surface area contributed by atoms with E-state index >= 15 is 8.78 Å². The molecule has 3 aromatic rings. The lowest BCUT2D eigenvalue weighted by Crippen LogP contribution is -2.24. The highest BCUT2D eigenvalue weighted by Gasteiger charge is 2.25. The lowest BCUT2D eigenvalue weighted by molar-refractivity contribution is 0.290. The number of hydrogen-bond donors (Lipinski definition) is 2. The van der Waals surface area contributed by atoms with Gasteiger partial charge in [-0.2, -0.15) is 19.6 Å². The summed E-state index contributed by atoms with van der Waals surface area (Å²) in [6.07, 6.45) is 2.23. The molecule has 0 fully saturated rings. The molecular formula is C21H22ClF2N5O. The first kappa shape index (κ1) is 21.9. The Bertz CT molecular complexity index is 1100. The van der Waals surface area contributed by atoms with E-state index in [2.05, 4.69) is 32.2 Å². The van der Waals surface area contributed by atoms with E-state index in [9.17, 15) is 0 Å². The molecule has 1 unspecified atom stereocenters. The van der Waals surface area contributed by atoms with Crippen molar-refractivity contribution in [2.75, 3.05) is 11.9 Å². The molecule has 3 rings (SSSR count). The van der Waals surface area contributed by atoms with E-state index in [1.54, 1.807) is 0 Å². The maximum absolute atomic E-state index is 15.0. The van der Waals surface area contributed by atoms with Crippen molar-refractivity contribution in [3.8, 4) is 23.0 Å². The summed E-state index contributed by atoms with van der Waals surface area (Å²) < 4.78 is 31.5. The third-order valence-corrected chi connectivity index (χ3v) is 5.01. The van der Waals surface area contributed by atoms with Crippen LogP contribution >= 0.6 is 11.6 Å². The molecule has 30 heavy (non-hydrogen) atoms. The molecule has 9 heteroatoms. The normalized spacial score (nSPS) is 12.1. The maximum Gasteiger partial charge on any atom is 0.255 e. The van der Waals surface area contributed by atoms with Crippen LogP contribution in [0.5, 0.6) is 0 Å². The molecule has 0 bridgehead atoms. The fourth-order valence-electron chi connectivity index (χ4n) is 2.77. The van der Waals surface area contributed by atoms with Gasteiger partial charge in [-0.15, -0.1) is 0 Å². The monoisotopic (exact) mass is 433 g/mol. The minimum absolute atomic E-state index is 0.0111. The first-order chi connectivity index (χ1) is 14.3. The van der Waals surface area contributed by atoms with Gasteiger partial charge in [0.15, 0.2) is 0 Å². The minimum atomic E-state index is -0.815. The molecule has 2 N–H and O–H groups in total. The third-order valence-electron chi connectivity index (χ3n) is 4.73. The molecule has 0 aliphatic heterocycles. The molecule has 1 atom stereocenters. The van der Waals surface area contributed by atoms with Gasteiger partial charge in [0.2, 0.25) is 0 Å². The molecule has 2 heterocycles. The molecule has 0 amide bonds. The molecule has 0 saturated carbocycles. The van der Waals surface area contributed by atoms with Crippen molar-refractivity contribution < 1.29 is 13.9 Å². The SMILES string of the molecule is CC(C)C(C)Nc1c(-c2c(F)cc(C#CCCCO)cc2F)c(Cl)nc2ncnn12. The average molecular weight is 434 g/mol. The van der Waals surface area contributed by atoms with E-state index < -0.39 is 11.6 Å². The number of rotatable bonds is 6. The van der Waals surface area contributed by atoms with Gasteiger partial charge in [0.25, 0.3) is 5.78 Å². The number of nitrogens with zero attached hydrogens (tertiary/aromatic N) is 4. The largest absolute Gasteiger partial charge is 0.396 e. The van der Waals surface area contributed by atoms with Crippen LogP contribution in [0.15, 0.2) is 18.5 Å². The number of aromatic nitrogens is 4. The maximum atomic E-state index is 15.0. The standard InChI is InChI=1S/C21H22ClF2N5O/c1-12(2)13(3)27-20-18(19(22)28-21-25-11-26-29(20)21)17-15(23)9-14(10-16(17)24)7-5-4-6-8-30/h9-13,27,30H,4,6,8H2,1-3H3. The molecular weight excluding hydrogens is 412 g/mol. The van der Waals surface area contributed by atoms with Crippen LogP contribution < -0.4 is 5.32 Å². The molecule has 0 spiro atoms. The van der Waals surface area contributed by atoms with Gasteiger partial charge in [-0.05, 0) is 31.4 Å². The van der Waals surface area contributed by atoms with Gasteiger partial charge < -0.3 is 10.4 Å². The summed E-state index contributed by atoms with van der Waals surface area (Å²) >= 11 is 6.35. The Hall–Kier alpha value is -2.76. The van der Waals surface area contributed by atoms with Crippen molar-refractivity contribution in [3.05, 3.63) is 40.8 Å². The quantitative estimate of drug-likeness (QED) is 0.344. The van der Waals surface area contributed by atoms with Crippen molar-refractivity contribution in [3.63, 3.8) is 0 Å². The van der Waals surface area contributed by atoms with Gasteiger partial charge in [0, 0.05) is 24.6 Å². The first-order valence-electron chi connectivity index (χ1n) is 9.58. The average Bonchev–Trinajstić information content (AvgIpc) is 3.14. The van der Waals surface area contributed by atoms with E-state index in [1.807, 2.05) is 20.8 Å². The van der Waals surface area contributed by atoms with Crippen LogP contribution in [0.4, 0.5) is 14.6 Å². The first-order valence-corrected chi connectivity index (χ1v) is 9.96. The van der Waals surface area contributed by atoms with Crippen LogP contribution in [-0.4, -0.2) is 37.3 Å². The van der Waals surface area contributed by atoms with Gasteiger partial charge in [-0.1, -0.05) is 37.3 Å². The Labute approximate surface area is 178 Å². The predicted molar refractivity (Wildman–Crippen MR) is 112 cm³/mol. The number of aliphatic hydroxyl groups excluding tert-OH is 1. The number of anilines is 1. The number of fused-ring (bicyclic) bond motifs is 1. The van der Waals surface area contributed by atoms with E-state index in [0.29, 0.717) is 18.7 Å². The zero-order valence-electron chi connectivity index (χ0n) is 16.9. The van der Waals surface area contributed by atoms with Gasteiger partial charge >= 0.3 is 0 Å². The molecule has 2 aromatic heterocycles. The van der Waals surface area contributed by atoms with Crippen LogP contribution in [-0.2, 0) is 0 Å². The highest BCUT2D eigenvalue weighted by molar-refractivity contribution is 6.33. The zero-order valence-corrected chi connectivity index (χ0v) is 17.6. The Kier molecular flexibility index (Phi) is 6.85. The number of nitrogens with one attached hydrogen (secondary N) is 1. The third kappa shape index (κ3) is 4.53. The highest BCUT2D eigenvalue weighted by Crippen LogP contribution is 2.38. The van der Waals surface area contributed by atoms with Crippen LogP contribution in [0.3, 0.4) is 0 Å². The van der Waals surface area contributed by atoms with Gasteiger partial charge in [0.1, 0.15) is 28.9 Å². The number of aliphatic hydroxyl groups is 1. The number of hydrogen-bond acceptors (Lipinski definition) is 5. The van der Waals surface area contributed by atoms with Crippen molar-refractivity contribution >= 4 is 23.2 Å². The second kappa shape index (κ2) is 9.37. The number of unbranched alkanes of at least 4 members (excludes halogenated alkanes) is 1. The lowest BCUT2D eigenvalue weighted by Gasteiger charge is -2.22. The van der Waals surface area contributed by atoms with Gasteiger partial charge in [0.05, 0.1) is 11.1 Å². The predicted octanol–water partition coefficient (Wildman–Crippen LogP) is 4.30. The van der Waals surface area contributed by atoms with Crippen LogP contribution in [0.25, 0.3) is 16.9 Å². The van der Waals surface area contributed by atoms with Crippen molar-refractivity contribution in [1.82, 2.24) is 19.6 Å². The van der Waals surface area contributed by atoms with Gasteiger partial charge in [-0.25, -0.2) is 8.78 Å². The number of benzene rings is 1. The Morgan fingerprint density at radius 2 is 1.90 bits per heavy atom. The molecule has 1 aromatic carbocycles. The summed E-state index contributed by atoms with van der Waals surface area (Å²) in [6, 6.07) is 2.27. The van der Waals surface area contributed by atoms with E-state index in [0.717, 1.165) is 12.1 Å². The van der Waals surface area contributed by atoms with Crippen LogP contribution in [0, 0.1) is 29.4 Å². The van der Waals surface area contributed by atoms with Crippen LogP contribution in [0.1, 0.15) is 39.2 Å². The summed E-state index contributed by atoms with van der Waals surface area (Å²) in [5, 5.41) is 16.1. The minimum Gasteiger partial charge on any atom is -0.396 e. The zero-order chi connectivity index (χ0) is 21.8. The second-order valence-electron chi connectivity index (χ2n) is 7.22.